The van der Waals surface area contributed by atoms with Gasteiger partial charge in [0.25, 0.3) is 0 Å². The third-order valence-corrected chi connectivity index (χ3v) is 6.05. The Labute approximate surface area is 190 Å². The lowest BCUT2D eigenvalue weighted by molar-refractivity contribution is -0.166. The summed E-state index contributed by atoms with van der Waals surface area (Å²) in [5.41, 5.74) is -0.881. The average molecular weight is 452 g/mol. The minimum atomic E-state index is -0.881. The molecule has 2 fully saturated rings. The summed E-state index contributed by atoms with van der Waals surface area (Å²) < 4.78 is 12.2. The van der Waals surface area contributed by atoms with Gasteiger partial charge in [-0.05, 0) is 31.2 Å². The fraction of sp³-hybridized carbons (Fsp3) is 0.652. The second-order valence-electron chi connectivity index (χ2n) is 9.05. The van der Waals surface area contributed by atoms with E-state index in [1.807, 2.05) is 35.8 Å². The first-order valence-electron chi connectivity index (χ1n) is 11.0. The fourth-order valence-corrected chi connectivity index (χ4v) is 4.18. The van der Waals surface area contributed by atoms with E-state index in [-0.39, 0.29) is 30.8 Å². The zero-order chi connectivity index (χ0) is 22.4. The van der Waals surface area contributed by atoms with Crippen molar-refractivity contribution in [2.45, 2.75) is 32.3 Å². The van der Waals surface area contributed by atoms with Crippen molar-refractivity contribution in [3.8, 4) is 5.75 Å². The first-order chi connectivity index (χ1) is 14.8. The summed E-state index contributed by atoms with van der Waals surface area (Å²) in [7, 11) is 2.06. The number of hydrogen-bond acceptors (Lipinski definition) is 5. The summed E-state index contributed by atoms with van der Waals surface area (Å²) in [4.78, 5) is 31.8. The maximum atomic E-state index is 13.1. The molecule has 3 rings (SSSR count). The summed E-state index contributed by atoms with van der Waals surface area (Å²) in [5, 5.41) is 0.582. The van der Waals surface area contributed by atoms with Gasteiger partial charge in [-0.3, -0.25) is 9.59 Å². The van der Waals surface area contributed by atoms with Crippen molar-refractivity contribution in [2.75, 3.05) is 59.5 Å². The number of halogens is 1. The van der Waals surface area contributed by atoms with Crippen LogP contribution in [0.2, 0.25) is 5.02 Å². The number of carbonyl (C=O) groups excluding carboxylic acids is 2. The maximum Gasteiger partial charge on any atom is 0.225 e. The Morgan fingerprint density at radius 1 is 1.13 bits per heavy atom. The highest BCUT2D eigenvalue weighted by Crippen LogP contribution is 2.27. The van der Waals surface area contributed by atoms with Crippen LogP contribution >= 0.6 is 11.6 Å². The molecule has 2 aliphatic heterocycles. The van der Waals surface area contributed by atoms with Gasteiger partial charge in [0.05, 0.1) is 19.6 Å². The van der Waals surface area contributed by atoms with Gasteiger partial charge >= 0.3 is 0 Å². The number of likely N-dealkylation sites (N-methyl/N-ethyl adjacent to an activating group) is 1. The molecule has 2 aliphatic rings. The minimum Gasteiger partial charge on any atom is -0.490 e. The van der Waals surface area contributed by atoms with Crippen LogP contribution in [0.5, 0.6) is 5.75 Å². The normalized spacial score (nSPS) is 22.6. The van der Waals surface area contributed by atoms with Crippen molar-refractivity contribution >= 4 is 23.4 Å². The molecule has 0 aliphatic carbocycles. The molecule has 0 radical (unpaired) electrons. The van der Waals surface area contributed by atoms with Crippen LogP contribution in [0, 0.1) is 5.92 Å². The van der Waals surface area contributed by atoms with Crippen molar-refractivity contribution < 1.29 is 19.1 Å². The molecule has 7 nitrogen and oxygen atoms in total. The van der Waals surface area contributed by atoms with E-state index in [0.29, 0.717) is 50.0 Å². The summed E-state index contributed by atoms with van der Waals surface area (Å²) in [6.45, 7) is 8.64. The van der Waals surface area contributed by atoms with Crippen LogP contribution in [0.25, 0.3) is 0 Å². The number of piperazine rings is 1. The van der Waals surface area contributed by atoms with E-state index in [2.05, 4.69) is 11.9 Å². The number of benzene rings is 1. The summed E-state index contributed by atoms with van der Waals surface area (Å²) in [5.74, 6) is 1.03. The van der Waals surface area contributed by atoms with Gasteiger partial charge in [-0.25, -0.2) is 0 Å². The Hall–Kier alpha value is -1.83. The SMILES string of the molecule is CC(C)CC(=O)N1CCOC(COc2cccc(Cl)c2)(CC(=O)N2CCN(C)CC2)C1. The van der Waals surface area contributed by atoms with Crippen molar-refractivity contribution in [2.24, 2.45) is 5.92 Å². The predicted molar refractivity (Wildman–Crippen MR) is 120 cm³/mol. The molecule has 0 saturated carbocycles. The number of ether oxygens (including phenoxy) is 2. The van der Waals surface area contributed by atoms with Gasteiger partial charge in [0.15, 0.2) is 0 Å². The Morgan fingerprint density at radius 2 is 1.87 bits per heavy atom. The van der Waals surface area contributed by atoms with Crippen LogP contribution in [-0.2, 0) is 14.3 Å². The van der Waals surface area contributed by atoms with E-state index < -0.39 is 5.60 Å². The molecule has 1 unspecified atom stereocenters. The minimum absolute atomic E-state index is 0.0425. The number of hydrogen-bond donors (Lipinski definition) is 0. The Balaban J connectivity index is 1.73. The molecule has 2 saturated heterocycles. The van der Waals surface area contributed by atoms with E-state index in [1.165, 1.54) is 0 Å². The topological polar surface area (TPSA) is 62.3 Å². The number of nitrogens with zero attached hydrogens (tertiary/aromatic N) is 3. The van der Waals surface area contributed by atoms with Gasteiger partial charge in [-0.2, -0.15) is 0 Å². The highest BCUT2D eigenvalue weighted by molar-refractivity contribution is 6.30. The molecular weight excluding hydrogens is 418 g/mol. The molecule has 0 spiro atoms. The smallest absolute Gasteiger partial charge is 0.225 e. The second kappa shape index (κ2) is 10.7. The van der Waals surface area contributed by atoms with Gasteiger partial charge < -0.3 is 24.2 Å². The Morgan fingerprint density at radius 3 is 2.55 bits per heavy atom. The lowest BCUT2D eigenvalue weighted by Crippen LogP contribution is -2.59. The highest BCUT2D eigenvalue weighted by atomic mass is 35.5. The summed E-state index contributed by atoms with van der Waals surface area (Å²) in [6.07, 6.45) is 0.667. The third-order valence-electron chi connectivity index (χ3n) is 5.81. The molecule has 1 aromatic carbocycles. The van der Waals surface area contributed by atoms with Gasteiger partial charge in [0, 0.05) is 44.2 Å². The van der Waals surface area contributed by atoms with Crippen LogP contribution in [-0.4, -0.2) is 91.6 Å². The molecule has 2 amide bonds. The Bertz CT molecular complexity index is 767. The first-order valence-corrected chi connectivity index (χ1v) is 11.4. The standard InChI is InChI=1S/C23H34ClN3O4/c1-18(2)13-21(28)27-11-12-31-23(16-27,17-30-20-6-4-5-19(24)14-20)15-22(29)26-9-7-25(3)8-10-26/h4-6,14,18H,7-13,15-17H2,1-3H3. The van der Waals surface area contributed by atoms with Gasteiger partial charge in [0.1, 0.15) is 18.0 Å². The van der Waals surface area contributed by atoms with Crippen molar-refractivity contribution in [1.29, 1.82) is 0 Å². The number of amides is 2. The zero-order valence-corrected chi connectivity index (χ0v) is 19.6. The first kappa shape index (κ1) is 23.8. The van der Waals surface area contributed by atoms with Crippen LogP contribution in [0.3, 0.4) is 0 Å². The molecule has 172 valence electrons. The van der Waals surface area contributed by atoms with Crippen LogP contribution in [0.15, 0.2) is 24.3 Å². The van der Waals surface area contributed by atoms with Crippen molar-refractivity contribution in [1.82, 2.24) is 14.7 Å². The van der Waals surface area contributed by atoms with Crippen LogP contribution in [0.4, 0.5) is 0 Å². The van der Waals surface area contributed by atoms with E-state index in [9.17, 15) is 9.59 Å². The van der Waals surface area contributed by atoms with Gasteiger partial charge in [-0.1, -0.05) is 31.5 Å². The summed E-state index contributed by atoms with van der Waals surface area (Å²) in [6, 6.07) is 7.17. The molecule has 1 atom stereocenters. The van der Waals surface area contributed by atoms with Crippen molar-refractivity contribution in [3.63, 3.8) is 0 Å². The Kier molecular flexibility index (Phi) is 8.19. The number of carbonyl (C=O) groups is 2. The lowest BCUT2D eigenvalue weighted by Gasteiger charge is -2.43. The average Bonchev–Trinajstić information content (AvgIpc) is 2.72. The molecule has 31 heavy (non-hydrogen) atoms. The zero-order valence-electron chi connectivity index (χ0n) is 18.8. The molecule has 2 heterocycles. The predicted octanol–water partition coefficient (Wildman–Crippen LogP) is 2.53. The molecule has 0 bridgehead atoms. The lowest BCUT2D eigenvalue weighted by atomic mass is 9.96. The number of rotatable bonds is 7. The van der Waals surface area contributed by atoms with Crippen LogP contribution < -0.4 is 4.74 Å². The van der Waals surface area contributed by atoms with E-state index in [4.69, 9.17) is 21.1 Å². The monoisotopic (exact) mass is 451 g/mol. The van der Waals surface area contributed by atoms with Crippen molar-refractivity contribution in [3.05, 3.63) is 29.3 Å². The molecule has 1 aromatic rings. The molecular formula is C23H34ClN3O4. The van der Waals surface area contributed by atoms with Gasteiger partial charge in [0.2, 0.25) is 11.8 Å². The van der Waals surface area contributed by atoms with Crippen LogP contribution in [0.1, 0.15) is 26.7 Å². The summed E-state index contributed by atoms with van der Waals surface area (Å²) >= 11 is 6.08. The van der Waals surface area contributed by atoms with E-state index in [1.54, 1.807) is 12.1 Å². The maximum absolute atomic E-state index is 13.1. The van der Waals surface area contributed by atoms with Gasteiger partial charge in [-0.15, -0.1) is 0 Å². The highest BCUT2D eigenvalue weighted by Gasteiger charge is 2.42. The largest absolute Gasteiger partial charge is 0.490 e. The van der Waals surface area contributed by atoms with E-state index in [0.717, 1.165) is 13.1 Å². The third kappa shape index (κ3) is 6.82. The quantitative estimate of drug-likeness (QED) is 0.637. The number of morpholine rings is 1. The molecule has 0 aromatic heterocycles. The molecule has 8 heteroatoms. The molecule has 0 N–H and O–H groups in total. The second-order valence-corrected chi connectivity index (χ2v) is 9.49. The van der Waals surface area contributed by atoms with E-state index >= 15 is 0 Å². The fourth-order valence-electron chi connectivity index (χ4n) is 4.00.